The summed E-state index contributed by atoms with van der Waals surface area (Å²) >= 11 is 3.35. The second-order valence-corrected chi connectivity index (χ2v) is 8.00. The molecular formula is C18H25BrN2O4. The quantitative estimate of drug-likeness (QED) is 0.558. The lowest BCUT2D eigenvalue weighted by molar-refractivity contribution is -0.144. The molecule has 0 saturated carbocycles. The summed E-state index contributed by atoms with van der Waals surface area (Å²) in [6.45, 7) is 6.67. The number of aromatic nitrogens is 1. The van der Waals surface area contributed by atoms with Gasteiger partial charge in [0.15, 0.2) is 0 Å². The fraction of sp³-hybridized carbons (Fsp3) is 0.611. The number of halogens is 1. The van der Waals surface area contributed by atoms with Crippen molar-refractivity contribution in [3.05, 3.63) is 28.5 Å². The zero-order chi connectivity index (χ0) is 18.6. The molecule has 7 heteroatoms. The second-order valence-electron chi connectivity index (χ2n) is 7.19. The molecule has 1 fully saturated rings. The fourth-order valence-corrected chi connectivity index (χ4v) is 3.38. The van der Waals surface area contributed by atoms with Crippen LogP contribution in [0.4, 0.5) is 4.79 Å². The van der Waals surface area contributed by atoms with Gasteiger partial charge in [-0.15, -0.1) is 0 Å². The van der Waals surface area contributed by atoms with E-state index >= 15 is 0 Å². The maximum Gasteiger partial charge on any atom is 0.410 e. The van der Waals surface area contributed by atoms with E-state index in [1.807, 2.05) is 39.0 Å². The summed E-state index contributed by atoms with van der Waals surface area (Å²) in [5.41, 5.74) is 0.180. The first-order valence-electron chi connectivity index (χ1n) is 8.39. The Morgan fingerprint density at radius 1 is 1.28 bits per heavy atom. The molecule has 1 aliphatic rings. The van der Waals surface area contributed by atoms with Crippen LogP contribution in [0.25, 0.3) is 0 Å². The zero-order valence-corrected chi connectivity index (χ0v) is 16.7. The van der Waals surface area contributed by atoms with E-state index in [9.17, 15) is 9.59 Å². The maximum atomic E-state index is 12.3. The largest absolute Gasteiger partial charge is 0.468 e. The Morgan fingerprint density at radius 2 is 1.92 bits per heavy atom. The van der Waals surface area contributed by atoms with Gasteiger partial charge in [0.25, 0.3) is 0 Å². The third-order valence-electron chi connectivity index (χ3n) is 4.17. The number of likely N-dealkylation sites (tertiary alicyclic amines) is 1. The molecule has 25 heavy (non-hydrogen) atoms. The Bertz CT molecular complexity index is 622. The summed E-state index contributed by atoms with van der Waals surface area (Å²) in [6.07, 6.45) is 1.10. The van der Waals surface area contributed by atoms with Crippen LogP contribution in [-0.4, -0.2) is 47.7 Å². The molecular weight excluding hydrogens is 388 g/mol. The highest BCUT2D eigenvalue weighted by atomic mass is 79.9. The van der Waals surface area contributed by atoms with Crippen LogP contribution in [0.3, 0.4) is 0 Å². The van der Waals surface area contributed by atoms with Gasteiger partial charge >= 0.3 is 12.1 Å². The van der Waals surface area contributed by atoms with E-state index in [0.29, 0.717) is 36.2 Å². The molecule has 0 radical (unpaired) electrons. The molecule has 1 saturated heterocycles. The van der Waals surface area contributed by atoms with E-state index in [1.54, 1.807) is 4.90 Å². The number of amides is 1. The summed E-state index contributed by atoms with van der Waals surface area (Å²) < 4.78 is 11.1. The van der Waals surface area contributed by atoms with Crippen molar-refractivity contribution in [2.24, 2.45) is 5.92 Å². The second kappa shape index (κ2) is 8.17. The summed E-state index contributed by atoms with van der Waals surface area (Å²) in [4.78, 5) is 30.7. The van der Waals surface area contributed by atoms with Crippen LogP contribution in [0.5, 0.6) is 0 Å². The number of pyridine rings is 1. The predicted molar refractivity (Wildman–Crippen MR) is 97.2 cm³/mol. The molecule has 2 heterocycles. The van der Waals surface area contributed by atoms with Crippen molar-refractivity contribution in [3.63, 3.8) is 0 Å². The number of nitrogens with zero attached hydrogens (tertiary/aromatic N) is 2. The minimum absolute atomic E-state index is 0.0768. The first-order valence-corrected chi connectivity index (χ1v) is 9.19. The number of piperidine rings is 1. The molecule has 1 aromatic rings. The van der Waals surface area contributed by atoms with Crippen molar-refractivity contribution in [1.82, 2.24) is 9.88 Å². The van der Waals surface area contributed by atoms with Gasteiger partial charge < -0.3 is 14.4 Å². The standard InChI is InChI=1S/C18H25BrN2O4/c1-18(2,3)25-17(23)21-10-8-12(9-11-21)15(16(22)24-4)13-6-5-7-14(19)20-13/h5-7,12,15H,8-11H2,1-4H3. The summed E-state index contributed by atoms with van der Waals surface area (Å²) in [5.74, 6) is -0.641. The Hall–Kier alpha value is -1.63. The molecule has 1 unspecified atom stereocenters. The smallest absolute Gasteiger partial charge is 0.410 e. The van der Waals surface area contributed by atoms with E-state index in [-0.39, 0.29) is 18.0 Å². The van der Waals surface area contributed by atoms with Crippen LogP contribution in [0.2, 0.25) is 0 Å². The number of ether oxygens (including phenoxy) is 2. The molecule has 1 amide bonds. The van der Waals surface area contributed by atoms with Crippen LogP contribution in [0.1, 0.15) is 45.2 Å². The monoisotopic (exact) mass is 412 g/mol. The van der Waals surface area contributed by atoms with Crippen molar-refractivity contribution in [2.75, 3.05) is 20.2 Å². The van der Waals surface area contributed by atoms with Gasteiger partial charge in [0.2, 0.25) is 0 Å². The third-order valence-corrected chi connectivity index (χ3v) is 4.61. The van der Waals surface area contributed by atoms with Crippen molar-refractivity contribution in [2.45, 2.75) is 45.1 Å². The lowest BCUT2D eigenvalue weighted by Gasteiger charge is -2.35. The van der Waals surface area contributed by atoms with Crippen molar-refractivity contribution in [3.8, 4) is 0 Å². The van der Waals surface area contributed by atoms with Crippen LogP contribution >= 0.6 is 15.9 Å². The third kappa shape index (κ3) is 5.42. The van der Waals surface area contributed by atoms with Crippen molar-refractivity contribution >= 4 is 28.0 Å². The van der Waals surface area contributed by atoms with Gasteiger partial charge in [-0.25, -0.2) is 9.78 Å². The molecule has 0 N–H and O–H groups in total. The molecule has 0 aromatic carbocycles. The molecule has 1 aromatic heterocycles. The number of rotatable bonds is 3. The van der Waals surface area contributed by atoms with Crippen molar-refractivity contribution in [1.29, 1.82) is 0 Å². The molecule has 6 nitrogen and oxygen atoms in total. The van der Waals surface area contributed by atoms with Crippen LogP contribution in [-0.2, 0) is 14.3 Å². The Kier molecular flexibility index (Phi) is 6.43. The van der Waals surface area contributed by atoms with E-state index in [1.165, 1.54) is 7.11 Å². The predicted octanol–water partition coefficient (Wildman–Crippen LogP) is 3.75. The first-order chi connectivity index (χ1) is 11.7. The van der Waals surface area contributed by atoms with Crippen LogP contribution in [0.15, 0.2) is 22.8 Å². The van der Waals surface area contributed by atoms with E-state index < -0.39 is 11.5 Å². The SMILES string of the molecule is COC(=O)C(c1cccc(Br)n1)C1CCN(C(=O)OC(C)(C)C)CC1. The molecule has 1 atom stereocenters. The minimum atomic E-state index is -0.511. The lowest BCUT2D eigenvalue weighted by atomic mass is 9.82. The molecule has 0 bridgehead atoms. The molecule has 0 spiro atoms. The van der Waals surface area contributed by atoms with Gasteiger partial charge in [-0.2, -0.15) is 0 Å². The Morgan fingerprint density at radius 3 is 2.44 bits per heavy atom. The highest BCUT2D eigenvalue weighted by Gasteiger charge is 2.36. The van der Waals surface area contributed by atoms with E-state index in [4.69, 9.17) is 9.47 Å². The highest BCUT2D eigenvalue weighted by molar-refractivity contribution is 9.10. The Balaban J connectivity index is 2.07. The summed E-state index contributed by atoms with van der Waals surface area (Å²) in [7, 11) is 1.39. The molecule has 0 aliphatic carbocycles. The van der Waals surface area contributed by atoms with Gasteiger partial charge in [-0.3, -0.25) is 4.79 Å². The van der Waals surface area contributed by atoms with Crippen molar-refractivity contribution < 1.29 is 19.1 Å². The Labute approximate surface area is 157 Å². The lowest BCUT2D eigenvalue weighted by Crippen LogP contribution is -2.43. The minimum Gasteiger partial charge on any atom is -0.468 e. The number of hydrogen-bond acceptors (Lipinski definition) is 5. The van der Waals surface area contributed by atoms with Gasteiger partial charge in [-0.05, 0) is 67.6 Å². The first kappa shape index (κ1) is 19.7. The van der Waals surface area contributed by atoms with Gasteiger partial charge in [0.05, 0.1) is 12.8 Å². The number of carbonyl (C=O) groups is 2. The topological polar surface area (TPSA) is 68.7 Å². The van der Waals surface area contributed by atoms with Crippen LogP contribution < -0.4 is 0 Å². The van der Waals surface area contributed by atoms with Crippen LogP contribution in [0, 0.1) is 5.92 Å². The van der Waals surface area contributed by atoms with Gasteiger partial charge in [0, 0.05) is 13.1 Å². The number of methoxy groups -OCH3 is 1. The summed E-state index contributed by atoms with van der Waals surface area (Å²) in [5, 5.41) is 0. The molecule has 1 aliphatic heterocycles. The normalized spacial score (nSPS) is 17.1. The summed E-state index contributed by atoms with van der Waals surface area (Å²) in [6, 6.07) is 5.52. The average Bonchev–Trinajstić information content (AvgIpc) is 2.54. The zero-order valence-electron chi connectivity index (χ0n) is 15.1. The van der Waals surface area contributed by atoms with E-state index in [2.05, 4.69) is 20.9 Å². The molecule has 138 valence electrons. The maximum absolute atomic E-state index is 12.3. The fourth-order valence-electron chi connectivity index (χ4n) is 3.02. The number of hydrogen-bond donors (Lipinski definition) is 0. The molecule has 2 rings (SSSR count). The average molecular weight is 413 g/mol. The van der Waals surface area contributed by atoms with Gasteiger partial charge in [0.1, 0.15) is 16.1 Å². The van der Waals surface area contributed by atoms with E-state index in [0.717, 1.165) is 0 Å². The number of esters is 1. The number of carbonyl (C=O) groups excluding carboxylic acids is 2. The highest BCUT2D eigenvalue weighted by Crippen LogP contribution is 2.33. The van der Waals surface area contributed by atoms with Gasteiger partial charge in [-0.1, -0.05) is 6.07 Å².